The monoisotopic (exact) mass is 538 g/mol. The first-order valence-corrected chi connectivity index (χ1v) is 13.4. The fourth-order valence-corrected chi connectivity index (χ4v) is 4.66. The summed E-state index contributed by atoms with van der Waals surface area (Å²) in [6.07, 6.45) is 7.01. The molecule has 1 aliphatic heterocycles. The van der Waals surface area contributed by atoms with Gasteiger partial charge in [0.15, 0.2) is 6.29 Å². The number of hydrogen-bond donors (Lipinski definition) is 4. The second-order valence-corrected chi connectivity index (χ2v) is 11.1. The summed E-state index contributed by atoms with van der Waals surface area (Å²) in [5.74, 6) is 1.13. The number of piperidine rings is 1. The topological polar surface area (TPSA) is 140 Å². The molecule has 1 fully saturated rings. The van der Waals surface area contributed by atoms with Crippen LogP contribution in [0.5, 0.6) is 0 Å². The first kappa shape index (κ1) is 29.4. The van der Waals surface area contributed by atoms with Crippen molar-refractivity contribution in [1.29, 1.82) is 5.26 Å². The second-order valence-electron chi connectivity index (χ2n) is 9.98. The van der Waals surface area contributed by atoms with Gasteiger partial charge < -0.3 is 26.2 Å². The molecule has 3 heterocycles. The van der Waals surface area contributed by atoms with Crippen LogP contribution in [0.2, 0.25) is 0 Å². The van der Waals surface area contributed by atoms with Crippen molar-refractivity contribution >= 4 is 42.6 Å². The number of nitrogens with two attached hydrogens (primary N) is 1. The predicted molar refractivity (Wildman–Crippen MR) is 153 cm³/mol. The first-order valence-electron chi connectivity index (χ1n) is 13.0. The van der Waals surface area contributed by atoms with Crippen LogP contribution in [0, 0.1) is 11.3 Å². The number of nitriles is 1. The fraction of sp³-hybridized carbons (Fsp3) is 0.519. The summed E-state index contributed by atoms with van der Waals surface area (Å²) in [4.78, 5) is 35.9. The van der Waals surface area contributed by atoms with Gasteiger partial charge in [0.05, 0.1) is 11.3 Å². The Kier molecular flexibility index (Phi) is 10.9. The van der Waals surface area contributed by atoms with Crippen molar-refractivity contribution in [3.05, 3.63) is 40.7 Å². The highest BCUT2D eigenvalue weighted by Gasteiger charge is 2.27. The Balaban J connectivity index is 1.85. The van der Waals surface area contributed by atoms with E-state index in [2.05, 4.69) is 43.4 Å². The van der Waals surface area contributed by atoms with Crippen molar-refractivity contribution in [3.63, 3.8) is 0 Å². The van der Waals surface area contributed by atoms with Crippen molar-refractivity contribution < 1.29 is 9.59 Å². The van der Waals surface area contributed by atoms with Crippen molar-refractivity contribution in [1.82, 2.24) is 20.2 Å². The van der Waals surface area contributed by atoms with E-state index in [-0.39, 0.29) is 4.75 Å². The van der Waals surface area contributed by atoms with Crippen LogP contribution in [-0.4, -0.2) is 78.6 Å². The number of aldehydes is 1. The number of carbonyl (C=O) groups is 2. The number of aryl methyl sites for hydroxylation is 1. The maximum Gasteiger partial charge on any atom is 0.207 e. The maximum atomic E-state index is 12.0. The summed E-state index contributed by atoms with van der Waals surface area (Å²) in [5.41, 5.74) is 9.34. The van der Waals surface area contributed by atoms with Crippen LogP contribution in [0.4, 0.5) is 17.3 Å². The van der Waals surface area contributed by atoms with Crippen LogP contribution in [0.1, 0.15) is 53.4 Å². The third-order valence-corrected chi connectivity index (χ3v) is 7.34. The minimum Gasteiger partial charge on any atom is -0.370 e. The highest BCUT2D eigenvalue weighted by molar-refractivity contribution is 7.81. The van der Waals surface area contributed by atoms with Gasteiger partial charge in [0.1, 0.15) is 23.4 Å². The molecule has 11 heteroatoms. The number of anilines is 3. The van der Waals surface area contributed by atoms with Gasteiger partial charge in [-0.15, -0.1) is 0 Å². The number of rotatable bonds is 14. The van der Waals surface area contributed by atoms with Gasteiger partial charge in [-0.05, 0) is 62.9 Å². The Morgan fingerprint density at radius 2 is 2.00 bits per heavy atom. The van der Waals surface area contributed by atoms with E-state index in [1.807, 2.05) is 19.2 Å². The highest BCUT2D eigenvalue weighted by Crippen LogP contribution is 2.33. The van der Waals surface area contributed by atoms with Crippen molar-refractivity contribution in [2.45, 2.75) is 43.8 Å². The Hall–Kier alpha value is -3.20. The number of nitrogens with zero attached hydrogens (tertiary/aromatic N) is 5. The molecule has 0 radical (unpaired) electrons. The molecule has 0 spiro atoms. The molecule has 4 N–H and O–H groups in total. The van der Waals surface area contributed by atoms with E-state index in [0.717, 1.165) is 55.5 Å². The fourth-order valence-electron chi connectivity index (χ4n) is 4.46. The Labute approximate surface area is 230 Å². The zero-order chi connectivity index (χ0) is 27.5. The van der Waals surface area contributed by atoms with Gasteiger partial charge in [-0.2, -0.15) is 17.9 Å². The predicted octanol–water partition coefficient (Wildman–Crippen LogP) is 2.30. The number of nitrogens with one attached hydrogen (secondary N) is 2. The molecule has 1 aliphatic rings. The summed E-state index contributed by atoms with van der Waals surface area (Å²) in [7, 11) is 1.97. The summed E-state index contributed by atoms with van der Waals surface area (Å²) < 4.78 is -0.00653. The van der Waals surface area contributed by atoms with E-state index >= 15 is 0 Å². The minimum absolute atomic E-state index is 0.00653. The largest absolute Gasteiger partial charge is 0.370 e. The molecule has 0 aliphatic carbocycles. The molecular formula is C27H38N8O2S. The lowest BCUT2D eigenvalue weighted by Crippen LogP contribution is -2.40. The third-order valence-electron chi connectivity index (χ3n) is 6.89. The Morgan fingerprint density at radius 1 is 1.24 bits per heavy atom. The molecule has 2 aromatic rings. The standard InChI is InChI=1S/C27H38N8O2S/c1-27(38)6-11-35(12-7-27)24-15-25(31-17-22(24)16-29)33-26-21(4-3-8-28)14-20(23(18-36)32-26)5-10-34(2)13-9-30-19-37/h14-15,17-19,38H,3-13,28H2,1-2H3,(H,30,37)(H,31,32,33). The van der Waals surface area contributed by atoms with Gasteiger partial charge >= 0.3 is 0 Å². The lowest BCUT2D eigenvalue weighted by molar-refractivity contribution is -0.109. The van der Waals surface area contributed by atoms with Gasteiger partial charge in [-0.25, -0.2) is 9.97 Å². The number of hydrogen-bond acceptors (Lipinski definition) is 10. The lowest BCUT2D eigenvalue weighted by atomic mass is 9.97. The second kappa shape index (κ2) is 14.1. The molecule has 38 heavy (non-hydrogen) atoms. The molecule has 0 bridgehead atoms. The molecular weight excluding hydrogens is 500 g/mol. The van der Waals surface area contributed by atoms with Gasteiger partial charge in [0, 0.05) is 49.7 Å². The van der Waals surface area contributed by atoms with Crippen molar-refractivity contribution in [2.24, 2.45) is 5.73 Å². The maximum absolute atomic E-state index is 12.0. The van der Waals surface area contributed by atoms with E-state index < -0.39 is 0 Å². The van der Waals surface area contributed by atoms with Crippen LogP contribution >= 0.6 is 12.6 Å². The summed E-state index contributed by atoms with van der Waals surface area (Å²) >= 11 is 4.74. The quantitative estimate of drug-likeness (QED) is 0.162. The molecule has 0 atom stereocenters. The van der Waals surface area contributed by atoms with Gasteiger partial charge in [-0.3, -0.25) is 9.59 Å². The van der Waals surface area contributed by atoms with E-state index in [0.29, 0.717) is 68.3 Å². The number of pyridine rings is 2. The zero-order valence-corrected chi connectivity index (χ0v) is 23.1. The Morgan fingerprint density at radius 3 is 2.66 bits per heavy atom. The summed E-state index contributed by atoms with van der Waals surface area (Å²) in [5, 5.41) is 15.6. The average Bonchev–Trinajstić information content (AvgIpc) is 2.91. The van der Waals surface area contributed by atoms with Crippen LogP contribution in [0.15, 0.2) is 18.3 Å². The number of amides is 1. The third kappa shape index (κ3) is 8.15. The van der Waals surface area contributed by atoms with E-state index in [4.69, 9.17) is 18.4 Å². The first-order chi connectivity index (χ1) is 18.3. The Bertz CT molecular complexity index is 1140. The summed E-state index contributed by atoms with van der Waals surface area (Å²) in [6, 6.07) is 6.16. The van der Waals surface area contributed by atoms with Gasteiger partial charge in [0.2, 0.25) is 6.41 Å². The average molecular weight is 539 g/mol. The molecule has 2 aromatic heterocycles. The van der Waals surface area contributed by atoms with Gasteiger partial charge in [-0.1, -0.05) is 6.92 Å². The van der Waals surface area contributed by atoms with E-state index in [1.165, 1.54) is 0 Å². The molecule has 1 saturated heterocycles. The number of carbonyl (C=O) groups excluding carboxylic acids is 2. The smallest absolute Gasteiger partial charge is 0.207 e. The number of likely N-dealkylation sites (N-methyl/N-ethyl adjacent to an activating group) is 1. The van der Waals surface area contributed by atoms with Crippen LogP contribution in [0.25, 0.3) is 0 Å². The molecule has 204 valence electrons. The van der Waals surface area contributed by atoms with Crippen LogP contribution < -0.4 is 21.3 Å². The van der Waals surface area contributed by atoms with Crippen molar-refractivity contribution in [3.8, 4) is 6.07 Å². The molecule has 0 unspecified atom stereocenters. The highest BCUT2D eigenvalue weighted by atomic mass is 32.1. The molecule has 3 rings (SSSR count). The number of thiol groups is 1. The minimum atomic E-state index is -0.00653. The molecule has 0 aromatic carbocycles. The molecule has 10 nitrogen and oxygen atoms in total. The van der Waals surface area contributed by atoms with E-state index in [9.17, 15) is 14.9 Å². The van der Waals surface area contributed by atoms with Crippen molar-refractivity contribution in [2.75, 3.05) is 56.5 Å². The molecule has 0 saturated carbocycles. The van der Waals surface area contributed by atoms with Crippen LogP contribution in [0.3, 0.4) is 0 Å². The lowest BCUT2D eigenvalue weighted by Gasteiger charge is -2.37. The summed E-state index contributed by atoms with van der Waals surface area (Å²) in [6.45, 7) is 6.28. The molecule has 1 amide bonds. The van der Waals surface area contributed by atoms with E-state index in [1.54, 1.807) is 6.20 Å². The number of aromatic nitrogens is 2. The van der Waals surface area contributed by atoms with Crippen LogP contribution in [-0.2, 0) is 17.6 Å². The normalized spacial score (nSPS) is 14.7. The SMILES string of the molecule is CN(CCNC=O)CCc1cc(CCCN)c(Nc2cc(N3CCC(C)(S)CC3)c(C#N)cn2)nc1C=O. The zero-order valence-electron chi connectivity index (χ0n) is 22.2. The van der Waals surface area contributed by atoms with Gasteiger partial charge in [0.25, 0.3) is 0 Å².